The Kier molecular flexibility index (Phi) is 30.3. The Morgan fingerprint density at radius 3 is 0.615 bits per heavy atom. The summed E-state index contributed by atoms with van der Waals surface area (Å²) < 4.78 is 33.3. The number of rotatable bonds is 18. The number of hydrogen-bond acceptors (Lipinski definition) is 6. The van der Waals surface area contributed by atoms with Crippen molar-refractivity contribution in [3.63, 3.8) is 0 Å². The van der Waals surface area contributed by atoms with E-state index in [1.807, 2.05) is 0 Å². The molecule has 0 saturated heterocycles. The van der Waals surface area contributed by atoms with Crippen LogP contribution in [0.15, 0.2) is 0 Å². The maximum atomic E-state index is 5.55. The summed E-state index contributed by atoms with van der Waals surface area (Å²) in [5.41, 5.74) is 0. The monoisotopic (exact) mass is 772 g/mol. The third-order valence-electron chi connectivity index (χ3n) is 2.40. The van der Waals surface area contributed by atoms with Crippen LogP contribution in [-0.2, 0) is 16.9 Å². The van der Waals surface area contributed by atoms with Crippen molar-refractivity contribution in [1.29, 1.82) is 0 Å². The summed E-state index contributed by atoms with van der Waals surface area (Å²) in [6.07, 6.45) is 6.23. The molecule has 0 saturated carbocycles. The third-order valence-corrected chi connectivity index (χ3v) is 11.6. The van der Waals surface area contributed by atoms with Crippen molar-refractivity contribution in [2.24, 2.45) is 0 Å². The molecule has 6 nitrogen and oxygen atoms in total. The molecule has 0 atom stereocenters. The van der Waals surface area contributed by atoms with Gasteiger partial charge >= 0.3 is 183 Å². The van der Waals surface area contributed by atoms with Gasteiger partial charge in [-0.15, -0.1) is 0 Å². The molecule has 8 heteroatoms. The molecule has 0 aliphatic carbocycles. The van der Waals surface area contributed by atoms with Gasteiger partial charge in [0.05, 0.1) is 0 Å². The Morgan fingerprint density at radius 1 is 0.346 bits per heavy atom. The van der Waals surface area contributed by atoms with E-state index in [4.69, 9.17) is 16.9 Å². The van der Waals surface area contributed by atoms with Crippen molar-refractivity contribution in [3.8, 4) is 0 Å². The molecule has 0 N–H and O–H groups in total. The van der Waals surface area contributed by atoms with Gasteiger partial charge in [-0.1, -0.05) is 0 Å². The molecule has 160 valence electrons. The molecular weight excluding hydrogens is 730 g/mol. The summed E-state index contributed by atoms with van der Waals surface area (Å²) in [6, 6.07) is 0. The molecule has 0 aromatic heterocycles. The first kappa shape index (κ1) is 29.7. The predicted molar refractivity (Wildman–Crippen MR) is 109 cm³/mol. The average Bonchev–Trinajstić information content (AvgIpc) is 2.67. The Hall–Kier alpha value is 1.53. The van der Waals surface area contributed by atoms with Gasteiger partial charge in [0.1, 0.15) is 0 Å². The summed E-state index contributed by atoms with van der Waals surface area (Å²) in [7, 11) is 0. The second-order valence-corrected chi connectivity index (χ2v) is 14.9. The normalized spacial score (nSPS) is 11.1. The van der Waals surface area contributed by atoms with Crippen LogP contribution in [0.5, 0.6) is 0 Å². The molecule has 0 unspecified atom stereocenters. The Morgan fingerprint density at radius 2 is 0.500 bits per heavy atom. The van der Waals surface area contributed by atoms with Crippen LogP contribution in [0.3, 0.4) is 0 Å². The van der Waals surface area contributed by atoms with Crippen molar-refractivity contribution in [2.75, 3.05) is 39.6 Å². The van der Waals surface area contributed by atoms with Crippen LogP contribution < -0.4 is 0 Å². The van der Waals surface area contributed by atoms with Crippen LogP contribution >= 0.6 is 0 Å². The standard InChI is InChI=1S/6C3H7O.2Bi/c6*1-2-3-4;;/h6*2-3H2,1H3;;/q6*-1;2*+3. The molecular formula is C18H42Bi2O6. The van der Waals surface area contributed by atoms with E-state index in [0.29, 0.717) is 0 Å². The zero-order valence-corrected chi connectivity index (χ0v) is 24.8. The summed E-state index contributed by atoms with van der Waals surface area (Å²) in [5.74, 6) is 0. The molecule has 0 fully saturated rings. The third kappa shape index (κ3) is 23.6. The maximum absolute atomic E-state index is 5.55. The van der Waals surface area contributed by atoms with Gasteiger partial charge in [0, 0.05) is 0 Å². The van der Waals surface area contributed by atoms with Crippen LogP contribution in [0.4, 0.5) is 0 Å². The van der Waals surface area contributed by atoms with Gasteiger partial charge in [0.25, 0.3) is 0 Å². The molecule has 26 heavy (non-hydrogen) atoms. The first-order chi connectivity index (χ1) is 12.7. The first-order valence-electron chi connectivity index (χ1n) is 10.1. The van der Waals surface area contributed by atoms with Crippen LogP contribution in [0.2, 0.25) is 0 Å². The van der Waals surface area contributed by atoms with E-state index in [9.17, 15) is 0 Å². The topological polar surface area (TPSA) is 55.4 Å². The van der Waals surface area contributed by atoms with E-state index < -0.39 is 46.1 Å². The molecule has 0 spiro atoms. The minimum atomic E-state index is -2.41. The SMILES string of the molecule is CCC[O][Bi]([O]CCC)[O]CCC.CCC[O][Bi]([O]CCC)[O]CCC. The van der Waals surface area contributed by atoms with E-state index in [-0.39, 0.29) is 0 Å². The van der Waals surface area contributed by atoms with Crippen LogP contribution in [0.1, 0.15) is 80.1 Å². The Bertz CT molecular complexity index is 188. The molecule has 0 amide bonds. The van der Waals surface area contributed by atoms with Crippen LogP contribution in [0, 0.1) is 0 Å². The van der Waals surface area contributed by atoms with Crippen LogP contribution in [0.25, 0.3) is 0 Å². The predicted octanol–water partition coefficient (Wildman–Crippen LogP) is 4.50. The van der Waals surface area contributed by atoms with Crippen molar-refractivity contribution >= 4 is 46.1 Å². The molecule has 0 rings (SSSR count). The van der Waals surface area contributed by atoms with Gasteiger partial charge in [-0.2, -0.15) is 0 Å². The second kappa shape index (κ2) is 26.5. The van der Waals surface area contributed by atoms with Crippen molar-refractivity contribution in [1.82, 2.24) is 0 Å². The van der Waals surface area contributed by atoms with E-state index in [1.165, 1.54) is 0 Å². The van der Waals surface area contributed by atoms with E-state index in [1.54, 1.807) is 0 Å². The van der Waals surface area contributed by atoms with Gasteiger partial charge < -0.3 is 0 Å². The fourth-order valence-electron chi connectivity index (χ4n) is 1.22. The van der Waals surface area contributed by atoms with Gasteiger partial charge in [-0.3, -0.25) is 0 Å². The Labute approximate surface area is 181 Å². The number of hydrogen-bond donors (Lipinski definition) is 0. The fraction of sp³-hybridized carbons (Fsp3) is 1.00. The fourth-order valence-corrected chi connectivity index (χ4v) is 10.7. The summed E-state index contributed by atoms with van der Waals surface area (Å²) in [4.78, 5) is 0. The first-order valence-corrected chi connectivity index (χ1v) is 18.6. The second-order valence-electron chi connectivity index (χ2n) is 5.45. The molecule has 0 aliphatic heterocycles. The molecule has 0 radical (unpaired) electrons. The molecule has 0 aliphatic rings. The minimum absolute atomic E-state index is 0.783. The van der Waals surface area contributed by atoms with E-state index in [0.717, 1.165) is 78.2 Å². The zero-order valence-electron chi connectivity index (χ0n) is 17.8. The average molecular weight is 772 g/mol. The Balaban J connectivity index is 0. The molecule has 0 bridgehead atoms. The summed E-state index contributed by atoms with van der Waals surface area (Å²) in [6.45, 7) is 17.3. The van der Waals surface area contributed by atoms with Gasteiger partial charge in [-0.25, -0.2) is 0 Å². The van der Waals surface area contributed by atoms with Crippen molar-refractivity contribution < 1.29 is 16.9 Å². The van der Waals surface area contributed by atoms with E-state index >= 15 is 0 Å². The van der Waals surface area contributed by atoms with E-state index in [2.05, 4.69) is 41.5 Å². The van der Waals surface area contributed by atoms with Gasteiger partial charge in [-0.05, 0) is 0 Å². The van der Waals surface area contributed by atoms with Crippen molar-refractivity contribution in [3.05, 3.63) is 0 Å². The van der Waals surface area contributed by atoms with Crippen LogP contribution in [-0.4, -0.2) is 85.8 Å². The summed E-state index contributed by atoms with van der Waals surface area (Å²) in [5, 5.41) is 0. The molecule has 0 aromatic rings. The van der Waals surface area contributed by atoms with Gasteiger partial charge in [0.2, 0.25) is 0 Å². The zero-order chi connectivity index (χ0) is 19.9. The summed E-state index contributed by atoms with van der Waals surface area (Å²) >= 11 is -4.81. The van der Waals surface area contributed by atoms with Crippen molar-refractivity contribution in [2.45, 2.75) is 80.1 Å². The van der Waals surface area contributed by atoms with Gasteiger partial charge in [0.15, 0.2) is 0 Å². The quantitative estimate of drug-likeness (QED) is 0.192. The molecule has 0 heterocycles. The molecule has 0 aromatic carbocycles.